The van der Waals surface area contributed by atoms with E-state index in [2.05, 4.69) is 10.6 Å². The molecule has 0 saturated carbocycles. The summed E-state index contributed by atoms with van der Waals surface area (Å²) in [5.74, 6) is -1.38. The lowest BCUT2D eigenvalue weighted by atomic mass is 9.98. The molecule has 1 aliphatic rings. The number of carboxylic acids is 1. The number of carboxylic acid groups (broad SMARTS) is 1. The van der Waals surface area contributed by atoms with Gasteiger partial charge in [0.15, 0.2) is 0 Å². The summed E-state index contributed by atoms with van der Waals surface area (Å²) in [6.07, 6.45) is 0.237. The number of nitrogens with one attached hydrogen (secondary N) is 2. The monoisotopic (exact) mass is 468 g/mol. The van der Waals surface area contributed by atoms with Gasteiger partial charge in [0.25, 0.3) is 0 Å². The number of amides is 2. The van der Waals surface area contributed by atoms with Crippen LogP contribution in [0.25, 0.3) is 11.1 Å². The van der Waals surface area contributed by atoms with E-state index in [4.69, 9.17) is 14.9 Å². The van der Waals surface area contributed by atoms with Crippen molar-refractivity contribution in [2.45, 2.75) is 44.6 Å². The Morgan fingerprint density at radius 3 is 2.18 bits per heavy atom. The van der Waals surface area contributed by atoms with Gasteiger partial charge in [-0.1, -0.05) is 55.5 Å². The predicted molar refractivity (Wildman–Crippen MR) is 127 cm³/mol. The van der Waals surface area contributed by atoms with E-state index < -0.39 is 24.0 Å². The van der Waals surface area contributed by atoms with Crippen LogP contribution in [0.2, 0.25) is 0 Å². The molecule has 0 fully saturated rings. The molecule has 0 saturated heterocycles. The van der Waals surface area contributed by atoms with Gasteiger partial charge >= 0.3 is 12.1 Å². The van der Waals surface area contributed by atoms with Crippen molar-refractivity contribution < 1.29 is 29.3 Å². The van der Waals surface area contributed by atoms with Crippen LogP contribution in [0.3, 0.4) is 0 Å². The molecule has 2 amide bonds. The predicted octanol–water partition coefficient (Wildman–Crippen LogP) is 3.28. The van der Waals surface area contributed by atoms with E-state index in [0.29, 0.717) is 19.4 Å². The first kappa shape index (κ1) is 25.2. The second-order valence-corrected chi connectivity index (χ2v) is 8.65. The number of fused-ring (bicyclic) bond motifs is 3. The zero-order valence-corrected chi connectivity index (χ0v) is 19.3. The standard InChI is InChI=1S/C26H32N2O6/c1-17(13-15-29)12-14-27-25(32)23(10-11-24(30)31)28-26(33)34-16-22-20-8-4-2-6-18(20)19-7-3-5-9-21(19)22/h2-9,17,22-23,29H,10-16H2,1H3,(H,27,32)(H,28,33)(H,30,31). The summed E-state index contributed by atoms with van der Waals surface area (Å²) in [6.45, 7) is 2.53. The van der Waals surface area contributed by atoms with Crippen LogP contribution >= 0.6 is 0 Å². The number of aliphatic carboxylic acids is 1. The quantitative estimate of drug-likeness (QED) is 0.379. The number of hydrogen-bond donors (Lipinski definition) is 4. The van der Waals surface area contributed by atoms with Crippen molar-refractivity contribution in [3.05, 3.63) is 59.7 Å². The van der Waals surface area contributed by atoms with Gasteiger partial charge in [0.2, 0.25) is 5.91 Å². The van der Waals surface area contributed by atoms with Gasteiger partial charge < -0.3 is 25.6 Å². The second-order valence-electron chi connectivity index (χ2n) is 8.65. The number of alkyl carbamates (subject to hydrolysis) is 1. The van der Waals surface area contributed by atoms with Crippen LogP contribution in [-0.2, 0) is 14.3 Å². The SMILES string of the molecule is CC(CCO)CCNC(=O)C(CCC(=O)O)NC(=O)OCC1c2ccccc2-c2ccccc21. The van der Waals surface area contributed by atoms with Gasteiger partial charge in [-0.25, -0.2) is 4.79 Å². The van der Waals surface area contributed by atoms with Crippen LogP contribution in [0, 0.1) is 5.92 Å². The zero-order chi connectivity index (χ0) is 24.5. The van der Waals surface area contributed by atoms with Gasteiger partial charge in [-0.15, -0.1) is 0 Å². The summed E-state index contributed by atoms with van der Waals surface area (Å²) < 4.78 is 5.50. The molecule has 0 aliphatic heterocycles. The minimum absolute atomic E-state index is 0.0441. The molecule has 0 radical (unpaired) electrons. The van der Waals surface area contributed by atoms with E-state index in [1.54, 1.807) is 0 Å². The molecule has 2 unspecified atom stereocenters. The Kier molecular flexibility index (Phi) is 9.04. The summed E-state index contributed by atoms with van der Waals surface area (Å²) in [5, 5.41) is 23.3. The van der Waals surface area contributed by atoms with Crippen LogP contribution in [0.15, 0.2) is 48.5 Å². The summed E-state index contributed by atoms with van der Waals surface area (Å²) in [5.41, 5.74) is 4.38. The summed E-state index contributed by atoms with van der Waals surface area (Å²) in [7, 11) is 0. The maximum Gasteiger partial charge on any atom is 0.407 e. The number of benzene rings is 2. The highest BCUT2D eigenvalue weighted by Crippen LogP contribution is 2.44. The Labute approximate surface area is 199 Å². The van der Waals surface area contributed by atoms with Gasteiger partial charge in [-0.2, -0.15) is 0 Å². The highest BCUT2D eigenvalue weighted by Gasteiger charge is 2.30. The van der Waals surface area contributed by atoms with Crippen molar-refractivity contribution in [1.82, 2.24) is 10.6 Å². The minimum Gasteiger partial charge on any atom is -0.481 e. The van der Waals surface area contributed by atoms with Gasteiger partial charge in [0.1, 0.15) is 12.6 Å². The van der Waals surface area contributed by atoms with Crippen LogP contribution < -0.4 is 10.6 Å². The number of carbonyl (C=O) groups is 3. The van der Waals surface area contributed by atoms with Crippen molar-refractivity contribution in [3.8, 4) is 11.1 Å². The van der Waals surface area contributed by atoms with E-state index in [1.165, 1.54) is 0 Å². The third-order valence-corrected chi connectivity index (χ3v) is 6.16. The Morgan fingerprint density at radius 1 is 0.971 bits per heavy atom. The van der Waals surface area contributed by atoms with E-state index in [0.717, 1.165) is 22.3 Å². The molecule has 2 aromatic carbocycles. The molecule has 1 aliphatic carbocycles. The summed E-state index contributed by atoms with van der Waals surface area (Å²) >= 11 is 0. The average molecular weight is 469 g/mol. The number of rotatable bonds is 12. The normalized spacial score (nSPS) is 13.9. The van der Waals surface area contributed by atoms with E-state index in [-0.39, 0.29) is 37.9 Å². The fourth-order valence-electron chi connectivity index (χ4n) is 4.25. The van der Waals surface area contributed by atoms with Crippen LogP contribution in [-0.4, -0.2) is 54.0 Å². The van der Waals surface area contributed by atoms with Crippen LogP contribution in [0.5, 0.6) is 0 Å². The molecule has 3 rings (SSSR count). The molecule has 2 aromatic rings. The molecule has 0 bridgehead atoms. The molecule has 182 valence electrons. The molecular weight excluding hydrogens is 436 g/mol. The van der Waals surface area contributed by atoms with Crippen molar-refractivity contribution >= 4 is 18.0 Å². The van der Waals surface area contributed by atoms with Crippen LogP contribution in [0.4, 0.5) is 4.79 Å². The number of ether oxygens (including phenoxy) is 1. The Hall–Kier alpha value is -3.39. The highest BCUT2D eigenvalue weighted by molar-refractivity contribution is 5.86. The number of aliphatic hydroxyl groups is 1. The molecule has 8 heteroatoms. The third-order valence-electron chi connectivity index (χ3n) is 6.16. The number of hydrogen-bond acceptors (Lipinski definition) is 5. The fourth-order valence-corrected chi connectivity index (χ4v) is 4.25. The Balaban J connectivity index is 1.59. The average Bonchev–Trinajstić information content (AvgIpc) is 3.14. The minimum atomic E-state index is -1.05. The topological polar surface area (TPSA) is 125 Å². The largest absolute Gasteiger partial charge is 0.481 e. The second kappa shape index (κ2) is 12.2. The first-order valence-corrected chi connectivity index (χ1v) is 11.6. The Bertz CT molecular complexity index is 963. The van der Waals surface area contributed by atoms with Crippen molar-refractivity contribution in [2.24, 2.45) is 5.92 Å². The molecular formula is C26H32N2O6. The van der Waals surface area contributed by atoms with E-state index in [9.17, 15) is 14.4 Å². The van der Waals surface area contributed by atoms with E-state index >= 15 is 0 Å². The maximum absolute atomic E-state index is 12.6. The highest BCUT2D eigenvalue weighted by atomic mass is 16.5. The molecule has 34 heavy (non-hydrogen) atoms. The molecule has 8 nitrogen and oxygen atoms in total. The van der Waals surface area contributed by atoms with Gasteiger partial charge in [-0.3, -0.25) is 9.59 Å². The molecule has 0 aromatic heterocycles. The van der Waals surface area contributed by atoms with Gasteiger partial charge in [-0.05, 0) is 47.4 Å². The molecule has 0 spiro atoms. The summed E-state index contributed by atoms with van der Waals surface area (Å²) in [4.78, 5) is 36.2. The first-order valence-electron chi connectivity index (χ1n) is 11.6. The number of carbonyl (C=O) groups excluding carboxylic acids is 2. The lowest BCUT2D eigenvalue weighted by Crippen LogP contribution is -2.47. The van der Waals surface area contributed by atoms with Crippen molar-refractivity contribution in [2.75, 3.05) is 19.8 Å². The zero-order valence-electron chi connectivity index (χ0n) is 19.3. The molecule has 0 heterocycles. The lowest BCUT2D eigenvalue weighted by Gasteiger charge is -2.20. The Morgan fingerprint density at radius 2 is 1.59 bits per heavy atom. The van der Waals surface area contributed by atoms with Gasteiger partial charge in [0, 0.05) is 25.5 Å². The molecule has 2 atom stereocenters. The summed E-state index contributed by atoms with van der Waals surface area (Å²) in [6, 6.07) is 15.0. The first-order chi connectivity index (χ1) is 16.4. The third kappa shape index (κ3) is 6.57. The smallest absolute Gasteiger partial charge is 0.407 e. The molecule has 4 N–H and O–H groups in total. The van der Waals surface area contributed by atoms with Crippen molar-refractivity contribution in [3.63, 3.8) is 0 Å². The van der Waals surface area contributed by atoms with Crippen LogP contribution in [0.1, 0.15) is 49.7 Å². The van der Waals surface area contributed by atoms with Crippen molar-refractivity contribution in [1.29, 1.82) is 0 Å². The lowest BCUT2D eigenvalue weighted by molar-refractivity contribution is -0.137. The van der Waals surface area contributed by atoms with E-state index in [1.807, 2.05) is 55.5 Å². The maximum atomic E-state index is 12.6. The number of aliphatic hydroxyl groups excluding tert-OH is 1. The van der Waals surface area contributed by atoms with Gasteiger partial charge in [0.05, 0.1) is 0 Å². The fraction of sp³-hybridized carbons (Fsp3) is 0.423.